The standard InChI is InChI=1S/C19H17F3N4OS/c1-12-5-3-4-6-15(12)17-24-25-18(26(17)2)28-11-16(27)23-14-9-7-13(8-10-14)19(20,21)22/h3-10H,11H2,1-2H3,(H,23,27). The minimum atomic E-state index is -4.40. The van der Waals surface area contributed by atoms with Crippen LogP contribution in [0.1, 0.15) is 11.1 Å². The second kappa shape index (κ2) is 8.05. The van der Waals surface area contributed by atoms with Crippen LogP contribution in [0.5, 0.6) is 0 Å². The highest BCUT2D eigenvalue weighted by atomic mass is 32.2. The molecule has 3 aromatic rings. The van der Waals surface area contributed by atoms with Crippen LogP contribution in [0.15, 0.2) is 53.7 Å². The van der Waals surface area contributed by atoms with Crippen molar-refractivity contribution in [2.75, 3.05) is 11.1 Å². The molecule has 0 bridgehead atoms. The lowest BCUT2D eigenvalue weighted by Crippen LogP contribution is -2.14. The van der Waals surface area contributed by atoms with Crippen LogP contribution in [0, 0.1) is 6.92 Å². The van der Waals surface area contributed by atoms with Crippen molar-refractivity contribution in [3.8, 4) is 11.4 Å². The zero-order valence-electron chi connectivity index (χ0n) is 15.1. The number of halogens is 3. The first kappa shape index (κ1) is 19.9. The summed E-state index contributed by atoms with van der Waals surface area (Å²) in [6.07, 6.45) is -4.40. The summed E-state index contributed by atoms with van der Waals surface area (Å²) in [5.74, 6) is 0.412. The van der Waals surface area contributed by atoms with E-state index in [1.807, 2.05) is 38.2 Å². The number of benzene rings is 2. The monoisotopic (exact) mass is 406 g/mol. The van der Waals surface area contributed by atoms with Crippen LogP contribution in [-0.2, 0) is 18.0 Å². The molecule has 5 nitrogen and oxygen atoms in total. The minimum Gasteiger partial charge on any atom is -0.325 e. The summed E-state index contributed by atoms with van der Waals surface area (Å²) >= 11 is 1.20. The summed E-state index contributed by atoms with van der Waals surface area (Å²) in [5, 5.41) is 11.5. The van der Waals surface area contributed by atoms with Gasteiger partial charge in [0, 0.05) is 18.3 Å². The zero-order valence-corrected chi connectivity index (χ0v) is 15.9. The lowest BCUT2D eigenvalue weighted by molar-refractivity contribution is -0.137. The fraction of sp³-hybridized carbons (Fsp3) is 0.211. The Balaban J connectivity index is 1.62. The SMILES string of the molecule is Cc1ccccc1-c1nnc(SCC(=O)Nc2ccc(C(F)(F)F)cc2)n1C. The highest BCUT2D eigenvalue weighted by molar-refractivity contribution is 7.99. The molecule has 0 saturated carbocycles. The molecule has 0 aliphatic heterocycles. The van der Waals surface area contributed by atoms with Crippen molar-refractivity contribution in [2.45, 2.75) is 18.3 Å². The topological polar surface area (TPSA) is 59.8 Å². The number of anilines is 1. The number of alkyl halides is 3. The zero-order chi connectivity index (χ0) is 20.3. The van der Waals surface area contributed by atoms with Crippen molar-refractivity contribution in [3.63, 3.8) is 0 Å². The van der Waals surface area contributed by atoms with Crippen LogP contribution in [0.2, 0.25) is 0 Å². The molecule has 1 N–H and O–H groups in total. The normalized spacial score (nSPS) is 11.5. The van der Waals surface area contributed by atoms with Crippen LogP contribution in [-0.4, -0.2) is 26.4 Å². The number of aryl methyl sites for hydroxylation is 1. The van der Waals surface area contributed by atoms with Crippen LogP contribution < -0.4 is 5.32 Å². The lowest BCUT2D eigenvalue weighted by atomic mass is 10.1. The molecule has 0 fully saturated rings. The fourth-order valence-electron chi connectivity index (χ4n) is 2.57. The Morgan fingerprint density at radius 1 is 1.11 bits per heavy atom. The van der Waals surface area contributed by atoms with Gasteiger partial charge in [0.1, 0.15) is 0 Å². The molecule has 1 heterocycles. The third kappa shape index (κ3) is 4.53. The molecule has 2 aromatic carbocycles. The van der Waals surface area contributed by atoms with Crippen LogP contribution in [0.25, 0.3) is 11.4 Å². The van der Waals surface area contributed by atoms with E-state index in [1.165, 1.54) is 23.9 Å². The molecule has 0 unspecified atom stereocenters. The molecule has 28 heavy (non-hydrogen) atoms. The summed E-state index contributed by atoms with van der Waals surface area (Å²) in [6.45, 7) is 1.98. The molecule has 0 spiro atoms. The van der Waals surface area contributed by atoms with Gasteiger partial charge in [-0.05, 0) is 36.8 Å². The summed E-state index contributed by atoms with van der Waals surface area (Å²) in [7, 11) is 1.82. The van der Waals surface area contributed by atoms with E-state index in [1.54, 1.807) is 4.57 Å². The Morgan fingerprint density at radius 3 is 2.43 bits per heavy atom. The molecule has 9 heteroatoms. The number of hydrogen-bond acceptors (Lipinski definition) is 4. The first-order valence-electron chi connectivity index (χ1n) is 8.31. The summed E-state index contributed by atoms with van der Waals surface area (Å²) < 4.78 is 39.5. The first-order valence-corrected chi connectivity index (χ1v) is 9.29. The average molecular weight is 406 g/mol. The van der Waals surface area contributed by atoms with E-state index in [2.05, 4.69) is 15.5 Å². The Hall–Kier alpha value is -2.81. The number of nitrogens with zero attached hydrogens (tertiary/aromatic N) is 3. The molecule has 3 rings (SSSR count). The van der Waals surface area contributed by atoms with E-state index in [0.717, 1.165) is 23.3 Å². The number of rotatable bonds is 5. The Morgan fingerprint density at radius 2 is 1.79 bits per heavy atom. The summed E-state index contributed by atoms with van der Waals surface area (Å²) in [5.41, 5.74) is 1.56. The van der Waals surface area contributed by atoms with Gasteiger partial charge >= 0.3 is 6.18 Å². The molecule has 0 atom stereocenters. The lowest BCUT2D eigenvalue weighted by Gasteiger charge is -2.09. The number of amides is 1. The van der Waals surface area contributed by atoms with Gasteiger partial charge in [0.05, 0.1) is 11.3 Å². The number of nitrogens with one attached hydrogen (secondary N) is 1. The Kier molecular flexibility index (Phi) is 5.73. The van der Waals surface area contributed by atoms with E-state index in [0.29, 0.717) is 16.7 Å². The third-order valence-electron chi connectivity index (χ3n) is 4.05. The minimum absolute atomic E-state index is 0.0563. The van der Waals surface area contributed by atoms with Gasteiger partial charge in [0.25, 0.3) is 0 Å². The second-order valence-electron chi connectivity index (χ2n) is 6.09. The largest absolute Gasteiger partial charge is 0.416 e. The quantitative estimate of drug-likeness (QED) is 0.632. The predicted molar refractivity (Wildman–Crippen MR) is 102 cm³/mol. The number of aromatic nitrogens is 3. The number of thioether (sulfide) groups is 1. The molecular weight excluding hydrogens is 389 g/mol. The summed E-state index contributed by atoms with van der Waals surface area (Å²) in [4.78, 5) is 12.1. The molecule has 1 aromatic heterocycles. The molecule has 0 aliphatic carbocycles. The molecule has 146 valence electrons. The van der Waals surface area contributed by atoms with Crippen LogP contribution in [0.3, 0.4) is 0 Å². The number of hydrogen-bond donors (Lipinski definition) is 1. The molecule has 1 amide bonds. The predicted octanol–water partition coefficient (Wildman–Crippen LogP) is 4.54. The van der Waals surface area contributed by atoms with Gasteiger partial charge < -0.3 is 9.88 Å². The van der Waals surface area contributed by atoms with Gasteiger partial charge in [-0.1, -0.05) is 36.0 Å². The maximum atomic E-state index is 12.6. The average Bonchev–Trinajstić information content (AvgIpc) is 3.00. The van der Waals surface area contributed by atoms with Crippen molar-refractivity contribution in [3.05, 3.63) is 59.7 Å². The maximum Gasteiger partial charge on any atom is 0.416 e. The highest BCUT2D eigenvalue weighted by Gasteiger charge is 2.30. The van der Waals surface area contributed by atoms with Crippen molar-refractivity contribution < 1.29 is 18.0 Å². The van der Waals surface area contributed by atoms with E-state index in [-0.39, 0.29) is 11.7 Å². The smallest absolute Gasteiger partial charge is 0.325 e. The van der Waals surface area contributed by atoms with E-state index < -0.39 is 11.7 Å². The van der Waals surface area contributed by atoms with Crippen molar-refractivity contribution in [1.29, 1.82) is 0 Å². The maximum absolute atomic E-state index is 12.6. The van der Waals surface area contributed by atoms with Gasteiger partial charge in [-0.25, -0.2) is 0 Å². The van der Waals surface area contributed by atoms with Gasteiger partial charge in [-0.3, -0.25) is 4.79 Å². The van der Waals surface area contributed by atoms with Gasteiger partial charge in [-0.15, -0.1) is 10.2 Å². The molecule has 0 aliphatic rings. The molecular formula is C19H17F3N4OS. The van der Waals surface area contributed by atoms with E-state index in [4.69, 9.17) is 0 Å². The van der Waals surface area contributed by atoms with Crippen LogP contribution >= 0.6 is 11.8 Å². The molecule has 0 saturated heterocycles. The van der Waals surface area contributed by atoms with Crippen molar-refractivity contribution in [1.82, 2.24) is 14.8 Å². The van der Waals surface area contributed by atoms with Crippen molar-refractivity contribution >= 4 is 23.4 Å². The molecule has 0 radical (unpaired) electrons. The van der Waals surface area contributed by atoms with E-state index in [9.17, 15) is 18.0 Å². The second-order valence-corrected chi connectivity index (χ2v) is 7.03. The Bertz CT molecular complexity index is 984. The third-order valence-corrected chi connectivity index (χ3v) is 5.07. The highest BCUT2D eigenvalue weighted by Crippen LogP contribution is 2.30. The van der Waals surface area contributed by atoms with Gasteiger partial charge in [0.15, 0.2) is 11.0 Å². The Labute approximate surface area is 164 Å². The fourth-order valence-corrected chi connectivity index (χ4v) is 3.28. The van der Waals surface area contributed by atoms with E-state index >= 15 is 0 Å². The van der Waals surface area contributed by atoms with Crippen molar-refractivity contribution in [2.24, 2.45) is 7.05 Å². The van der Waals surface area contributed by atoms with Gasteiger partial charge in [-0.2, -0.15) is 13.2 Å². The number of carbonyl (C=O) groups excluding carboxylic acids is 1. The van der Waals surface area contributed by atoms with Crippen LogP contribution in [0.4, 0.5) is 18.9 Å². The first-order chi connectivity index (χ1) is 13.3. The number of carbonyl (C=O) groups is 1. The van der Waals surface area contributed by atoms with Gasteiger partial charge in [0.2, 0.25) is 5.91 Å². The summed E-state index contributed by atoms with van der Waals surface area (Å²) in [6, 6.07) is 12.1.